The highest BCUT2D eigenvalue weighted by atomic mass is 79.9. The summed E-state index contributed by atoms with van der Waals surface area (Å²) >= 11 is 3.38. The number of aliphatic hydroxyl groups is 1. The van der Waals surface area contributed by atoms with Gasteiger partial charge in [-0.2, -0.15) is 0 Å². The number of methoxy groups -OCH3 is 1. The van der Waals surface area contributed by atoms with Gasteiger partial charge in [-0.1, -0.05) is 30.3 Å². The monoisotopic (exact) mass is 332 g/mol. The van der Waals surface area contributed by atoms with Crippen molar-refractivity contribution >= 4 is 26.7 Å². The number of fused-ring (bicyclic) bond motifs is 1. The molecule has 0 saturated carbocycles. The molecule has 1 N–H and O–H groups in total. The summed E-state index contributed by atoms with van der Waals surface area (Å²) in [6.07, 6.45) is 0.653. The van der Waals surface area contributed by atoms with Crippen molar-refractivity contribution < 1.29 is 14.3 Å². The Kier molecular flexibility index (Phi) is 3.51. The van der Waals surface area contributed by atoms with Crippen molar-refractivity contribution in [3.8, 4) is 5.75 Å². The Morgan fingerprint density at radius 1 is 1.15 bits per heavy atom. The Labute approximate surface area is 124 Å². The van der Waals surface area contributed by atoms with Gasteiger partial charge in [0.25, 0.3) is 0 Å². The second-order valence-corrected chi connectivity index (χ2v) is 5.29. The van der Waals surface area contributed by atoms with Gasteiger partial charge in [0.15, 0.2) is 5.76 Å². The lowest BCUT2D eigenvalue weighted by Gasteiger charge is -2.16. The summed E-state index contributed by atoms with van der Waals surface area (Å²) in [6.45, 7) is 0. The third-order valence-corrected chi connectivity index (χ3v) is 3.97. The van der Waals surface area contributed by atoms with Crippen LogP contribution in [0, 0.1) is 0 Å². The van der Waals surface area contributed by atoms with Crippen LogP contribution in [-0.4, -0.2) is 12.2 Å². The topological polar surface area (TPSA) is 42.6 Å². The molecule has 2 aromatic carbocycles. The first kappa shape index (κ1) is 13.2. The van der Waals surface area contributed by atoms with Crippen LogP contribution in [0.5, 0.6) is 5.75 Å². The standard InChI is InChI=1S/C16H13BrO3/c1-19-13-7-6-10-4-2-3-5-11(10)14(13)15(18)16-12(17)8-9-20-16/h2-9,15,18H,1H3. The maximum atomic E-state index is 10.7. The summed E-state index contributed by atoms with van der Waals surface area (Å²) < 4.78 is 11.5. The van der Waals surface area contributed by atoms with Crippen LogP contribution >= 0.6 is 15.9 Å². The van der Waals surface area contributed by atoms with Gasteiger partial charge in [-0.3, -0.25) is 0 Å². The van der Waals surface area contributed by atoms with Gasteiger partial charge < -0.3 is 14.3 Å². The van der Waals surface area contributed by atoms with Crippen molar-refractivity contribution in [3.63, 3.8) is 0 Å². The summed E-state index contributed by atoms with van der Waals surface area (Å²) in [5.74, 6) is 1.11. The summed E-state index contributed by atoms with van der Waals surface area (Å²) in [6, 6.07) is 13.5. The van der Waals surface area contributed by atoms with E-state index in [4.69, 9.17) is 9.15 Å². The summed E-state index contributed by atoms with van der Waals surface area (Å²) in [4.78, 5) is 0. The number of halogens is 1. The van der Waals surface area contributed by atoms with Crippen molar-refractivity contribution in [1.29, 1.82) is 0 Å². The number of hydrogen-bond donors (Lipinski definition) is 1. The Bertz CT molecular complexity index is 748. The van der Waals surface area contributed by atoms with Gasteiger partial charge in [-0.25, -0.2) is 0 Å². The van der Waals surface area contributed by atoms with Crippen LogP contribution in [0.25, 0.3) is 10.8 Å². The zero-order chi connectivity index (χ0) is 14.1. The van der Waals surface area contributed by atoms with Gasteiger partial charge in [-0.05, 0) is 38.8 Å². The van der Waals surface area contributed by atoms with Crippen molar-refractivity contribution in [3.05, 3.63) is 64.5 Å². The Morgan fingerprint density at radius 2 is 1.95 bits per heavy atom. The molecule has 0 aliphatic heterocycles. The number of aliphatic hydroxyl groups excluding tert-OH is 1. The van der Waals surface area contributed by atoms with E-state index in [-0.39, 0.29) is 0 Å². The Hall–Kier alpha value is -1.78. The molecule has 0 saturated heterocycles. The molecule has 3 rings (SSSR count). The summed E-state index contributed by atoms with van der Waals surface area (Å²) in [7, 11) is 1.59. The molecule has 0 spiro atoms. The second-order valence-electron chi connectivity index (χ2n) is 4.44. The molecule has 3 aromatic rings. The lowest BCUT2D eigenvalue weighted by molar-refractivity contribution is 0.185. The number of rotatable bonds is 3. The molecule has 0 amide bonds. The maximum Gasteiger partial charge on any atom is 0.151 e. The quantitative estimate of drug-likeness (QED) is 0.778. The molecule has 1 unspecified atom stereocenters. The SMILES string of the molecule is COc1ccc2ccccc2c1C(O)c1occc1Br. The highest BCUT2D eigenvalue weighted by molar-refractivity contribution is 9.10. The van der Waals surface area contributed by atoms with Gasteiger partial charge in [0.2, 0.25) is 0 Å². The van der Waals surface area contributed by atoms with E-state index < -0.39 is 6.10 Å². The van der Waals surface area contributed by atoms with Crippen molar-refractivity contribution in [2.75, 3.05) is 7.11 Å². The maximum absolute atomic E-state index is 10.7. The predicted molar refractivity (Wildman–Crippen MR) is 81.0 cm³/mol. The van der Waals surface area contributed by atoms with E-state index in [0.29, 0.717) is 17.1 Å². The number of hydrogen-bond acceptors (Lipinski definition) is 3. The largest absolute Gasteiger partial charge is 0.496 e. The van der Waals surface area contributed by atoms with E-state index in [0.717, 1.165) is 15.2 Å². The third kappa shape index (κ3) is 2.11. The van der Waals surface area contributed by atoms with Gasteiger partial charge in [0, 0.05) is 5.56 Å². The van der Waals surface area contributed by atoms with Crippen LogP contribution in [0.15, 0.2) is 57.6 Å². The molecule has 1 aromatic heterocycles. The summed E-state index contributed by atoms with van der Waals surface area (Å²) in [5.41, 5.74) is 0.709. The van der Waals surface area contributed by atoms with Crippen molar-refractivity contribution in [1.82, 2.24) is 0 Å². The van der Waals surface area contributed by atoms with E-state index in [2.05, 4.69) is 15.9 Å². The van der Waals surface area contributed by atoms with E-state index in [1.165, 1.54) is 0 Å². The summed E-state index contributed by atoms with van der Waals surface area (Å²) in [5, 5.41) is 12.7. The van der Waals surface area contributed by atoms with Gasteiger partial charge in [-0.15, -0.1) is 0 Å². The minimum absolute atomic E-state index is 0.472. The van der Waals surface area contributed by atoms with Crippen LogP contribution in [0.2, 0.25) is 0 Å². The fourth-order valence-electron chi connectivity index (χ4n) is 2.37. The molecule has 0 radical (unpaired) electrons. The zero-order valence-electron chi connectivity index (χ0n) is 10.8. The first-order valence-electron chi connectivity index (χ1n) is 6.19. The van der Waals surface area contributed by atoms with Gasteiger partial charge >= 0.3 is 0 Å². The smallest absolute Gasteiger partial charge is 0.151 e. The lowest BCUT2D eigenvalue weighted by atomic mass is 9.98. The van der Waals surface area contributed by atoms with Crippen molar-refractivity contribution in [2.24, 2.45) is 0 Å². The van der Waals surface area contributed by atoms with Crippen molar-refractivity contribution in [2.45, 2.75) is 6.10 Å². The lowest BCUT2D eigenvalue weighted by Crippen LogP contribution is -2.03. The average Bonchev–Trinajstić information content (AvgIpc) is 2.91. The number of furan rings is 1. The van der Waals surface area contributed by atoms with Crippen LogP contribution in [-0.2, 0) is 0 Å². The first-order valence-corrected chi connectivity index (χ1v) is 6.98. The molecule has 0 aliphatic carbocycles. The molecule has 0 aliphatic rings. The number of benzene rings is 2. The molecule has 102 valence electrons. The number of ether oxygens (including phenoxy) is 1. The second kappa shape index (κ2) is 5.31. The van der Waals surface area contributed by atoms with Gasteiger partial charge in [0.05, 0.1) is 17.8 Å². The molecule has 1 atom stereocenters. The molecule has 4 heteroatoms. The highest BCUT2D eigenvalue weighted by Gasteiger charge is 2.23. The molecular formula is C16H13BrO3. The van der Waals surface area contributed by atoms with E-state index >= 15 is 0 Å². The third-order valence-electron chi connectivity index (χ3n) is 3.32. The molecule has 20 heavy (non-hydrogen) atoms. The predicted octanol–water partition coefficient (Wildman–Crippen LogP) is 4.29. The Morgan fingerprint density at radius 3 is 2.65 bits per heavy atom. The molecule has 3 nitrogen and oxygen atoms in total. The highest BCUT2D eigenvalue weighted by Crippen LogP contribution is 2.38. The normalized spacial score (nSPS) is 12.6. The van der Waals surface area contributed by atoms with E-state index in [1.807, 2.05) is 36.4 Å². The van der Waals surface area contributed by atoms with Crippen LogP contribution in [0.1, 0.15) is 17.4 Å². The minimum Gasteiger partial charge on any atom is -0.496 e. The van der Waals surface area contributed by atoms with Crippen LogP contribution in [0.4, 0.5) is 0 Å². The molecule has 0 bridgehead atoms. The minimum atomic E-state index is -0.888. The molecule has 1 heterocycles. The first-order chi connectivity index (χ1) is 9.72. The fraction of sp³-hybridized carbons (Fsp3) is 0.125. The van der Waals surface area contributed by atoms with Crippen LogP contribution < -0.4 is 4.74 Å². The van der Waals surface area contributed by atoms with Crippen LogP contribution in [0.3, 0.4) is 0 Å². The van der Waals surface area contributed by atoms with E-state index in [9.17, 15) is 5.11 Å². The Balaban J connectivity index is 2.26. The zero-order valence-corrected chi connectivity index (χ0v) is 12.4. The average molecular weight is 333 g/mol. The van der Waals surface area contributed by atoms with Gasteiger partial charge in [0.1, 0.15) is 11.9 Å². The fourth-order valence-corrected chi connectivity index (χ4v) is 2.79. The van der Waals surface area contributed by atoms with E-state index in [1.54, 1.807) is 19.4 Å². The molecular weight excluding hydrogens is 320 g/mol. The molecule has 0 fully saturated rings.